The average molecular weight is 461 g/mol. The molecule has 0 bridgehead atoms. The van der Waals surface area contributed by atoms with Crippen LogP contribution >= 0.6 is 15.9 Å². The number of benzene rings is 2. The molecule has 0 aliphatic carbocycles. The molecule has 1 unspecified atom stereocenters. The van der Waals surface area contributed by atoms with Crippen molar-refractivity contribution in [3.05, 3.63) is 66.2 Å². The predicted molar refractivity (Wildman–Crippen MR) is 104 cm³/mol. The Morgan fingerprint density at radius 1 is 1.18 bits per heavy atom. The Kier molecular flexibility index (Phi) is 9.58. The van der Waals surface area contributed by atoms with Gasteiger partial charge in [-0.2, -0.15) is 13.2 Å². The number of phenolic OH excluding ortho intramolecular Hbond substituents is 1. The van der Waals surface area contributed by atoms with E-state index in [0.29, 0.717) is 12.4 Å². The summed E-state index contributed by atoms with van der Waals surface area (Å²) in [4.78, 5) is 10.8. The van der Waals surface area contributed by atoms with Crippen LogP contribution in [0.3, 0.4) is 0 Å². The molecular weight excluding hydrogens is 441 g/mol. The van der Waals surface area contributed by atoms with E-state index in [-0.39, 0.29) is 22.3 Å². The van der Waals surface area contributed by atoms with E-state index in [2.05, 4.69) is 20.7 Å². The SMILES string of the molecule is CCOC(=O)C=CC(C)Br.Oc1ccc(Oc2cccc(C(F)(F)F)c2)cc1. The van der Waals surface area contributed by atoms with Gasteiger partial charge in [0.2, 0.25) is 0 Å². The highest BCUT2D eigenvalue weighted by molar-refractivity contribution is 9.09. The van der Waals surface area contributed by atoms with E-state index in [1.54, 1.807) is 13.0 Å². The van der Waals surface area contributed by atoms with Gasteiger partial charge in [0.15, 0.2) is 0 Å². The summed E-state index contributed by atoms with van der Waals surface area (Å²) in [6.07, 6.45) is -1.24. The molecule has 0 aliphatic heterocycles. The first-order valence-corrected chi connectivity index (χ1v) is 9.16. The zero-order valence-electron chi connectivity index (χ0n) is 15.2. The summed E-state index contributed by atoms with van der Waals surface area (Å²) in [6.45, 7) is 4.14. The molecule has 0 saturated carbocycles. The van der Waals surface area contributed by atoms with Crippen LogP contribution in [0.1, 0.15) is 19.4 Å². The molecule has 0 radical (unpaired) electrons. The van der Waals surface area contributed by atoms with Crippen LogP contribution in [0.4, 0.5) is 13.2 Å². The highest BCUT2D eigenvalue weighted by Gasteiger charge is 2.30. The topological polar surface area (TPSA) is 55.8 Å². The minimum atomic E-state index is -4.39. The molecule has 2 rings (SSSR count). The highest BCUT2D eigenvalue weighted by atomic mass is 79.9. The number of carbonyl (C=O) groups excluding carboxylic acids is 1. The van der Waals surface area contributed by atoms with Gasteiger partial charge in [0, 0.05) is 10.9 Å². The lowest BCUT2D eigenvalue weighted by Gasteiger charge is -2.09. The zero-order chi connectivity index (χ0) is 21.2. The fraction of sp³-hybridized carbons (Fsp3) is 0.250. The van der Waals surface area contributed by atoms with Gasteiger partial charge in [-0.05, 0) is 56.3 Å². The highest BCUT2D eigenvalue weighted by Crippen LogP contribution is 2.32. The van der Waals surface area contributed by atoms with Crippen molar-refractivity contribution in [3.63, 3.8) is 0 Å². The monoisotopic (exact) mass is 460 g/mol. The van der Waals surface area contributed by atoms with Gasteiger partial charge in [0.25, 0.3) is 0 Å². The van der Waals surface area contributed by atoms with Crippen molar-refractivity contribution in [1.82, 2.24) is 0 Å². The first-order chi connectivity index (χ1) is 13.1. The van der Waals surface area contributed by atoms with Crippen molar-refractivity contribution in [2.75, 3.05) is 6.61 Å². The molecule has 4 nitrogen and oxygen atoms in total. The lowest BCUT2D eigenvalue weighted by Crippen LogP contribution is -2.04. The molecular formula is C20H20BrF3O4. The maximum absolute atomic E-state index is 12.5. The Bertz CT molecular complexity index is 772. The van der Waals surface area contributed by atoms with Crippen LogP contribution in [0.2, 0.25) is 0 Å². The van der Waals surface area contributed by atoms with Gasteiger partial charge in [0.1, 0.15) is 17.2 Å². The molecule has 2 aromatic rings. The normalized spacial score (nSPS) is 12.1. The number of ether oxygens (including phenoxy) is 2. The van der Waals surface area contributed by atoms with E-state index in [9.17, 15) is 18.0 Å². The van der Waals surface area contributed by atoms with Crippen LogP contribution in [-0.2, 0) is 15.7 Å². The lowest BCUT2D eigenvalue weighted by atomic mass is 10.2. The van der Waals surface area contributed by atoms with Crippen molar-refractivity contribution in [3.8, 4) is 17.2 Å². The molecule has 1 N–H and O–H groups in total. The van der Waals surface area contributed by atoms with E-state index >= 15 is 0 Å². The second kappa shape index (κ2) is 11.4. The molecule has 0 aliphatic rings. The number of esters is 1. The predicted octanol–water partition coefficient (Wildman–Crippen LogP) is 6.09. The van der Waals surface area contributed by atoms with E-state index in [1.165, 1.54) is 42.5 Å². The third-order valence-electron chi connectivity index (χ3n) is 3.02. The van der Waals surface area contributed by atoms with E-state index in [4.69, 9.17) is 9.84 Å². The third kappa shape index (κ3) is 9.45. The number of halogens is 4. The number of hydrogen-bond acceptors (Lipinski definition) is 4. The quantitative estimate of drug-likeness (QED) is 0.333. The molecule has 2 aromatic carbocycles. The summed E-state index contributed by atoms with van der Waals surface area (Å²) in [5.41, 5.74) is -0.765. The maximum atomic E-state index is 12.5. The molecule has 8 heteroatoms. The standard InChI is InChI=1S/C13H9F3O2.C7H11BrO2/c14-13(15,16)9-2-1-3-12(8-9)18-11-6-4-10(17)5-7-11;1-3-10-7(9)5-4-6(2)8/h1-8,17H;4-6H,3H2,1-2H3. The number of alkyl halides is 4. The molecule has 0 aromatic heterocycles. The molecule has 0 saturated heterocycles. The Hall–Kier alpha value is -2.48. The van der Waals surface area contributed by atoms with E-state index < -0.39 is 11.7 Å². The largest absolute Gasteiger partial charge is 0.508 e. The fourth-order valence-electron chi connectivity index (χ4n) is 1.79. The Morgan fingerprint density at radius 2 is 1.82 bits per heavy atom. The van der Waals surface area contributed by atoms with Crippen molar-refractivity contribution in [1.29, 1.82) is 0 Å². The van der Waals surface area contributed by atoms with Crippen molar-refractivity contribution in [2.45, 2.75) is 24.9 Å². The Morgan fingerprint density at radius 3 is 2.36 bits per heavy atom. The van der Waals surface area contributed by atoms with Crippen LogP contribution in [0.25, 0.3) is 0 Å². The van der Waals surface area contributed by atoms with Crippen molar-refractivity contribution >= 4 is 21.9 Å². The summed E-state index contributed by atoms with van der Waals surface area (Å²) in [6, 6.07) is 10.3. The second-order valence-electron chi connectivity index (χ2n) is 5.41. The summed E-state index contributed by atoms with van der Waals surface area (Å²) in [7, 11) is 0. The first-order valence-electron chi connectivity index (χ1n) is 8.25. The fourth-order valence-corrected chi connectivity index (χ4v) is 1.94. The van der Waals surface area contributed by atoms with Crippen LogP contribution in [-0.4, -0.2) is 22.5 Å². The molecule has 152 valence electrons. The Balaban J connectivity index is 0.000000336. The van der Waals surface area contributed by atoms with Crippen LogP contribution in [0.15, 0.2) is 60.7 Å². The summed E-state index contributed by atoms with van der Waals surface area (Å²) >= 11 is 3.26. The van der Waals surface area contributed by atoms with Crippen LogP contribution in [0, 0.1) is 0 Å². The van der Waals surface area contributed by atoms with Crippen LogP contribution in [0.5, 0.6) is 17.2 Å². The molecule has 0 spiro atoms. The average Bonchev–Trinajstić information content (AvgIpc) is 2.62. The summed E-state index contributed by atoms with van der Waals surface area (Å²) < 4.78 is 47.3. The number of aromatic hydroxyl groups is 1. The number of allylic oxidation sites excluding steroid dienone is 1. The van der Waals surface area contributed by atoms with Crippen LogP contribution < -0.4 is 4.74 Å². The molecule has 0 fully saturated rings. The second-order valence-corrected chi connectivity index (χ2v) is 6.85. The van der Waals surface area contributed by atoms with E-state index in [1.807, 2.05) is 6.92 Å². The van der Waals surface area contributed by atoms with Gasteiger partial charge in [-0.15, -0.1) is 0 Å². The van der Waals surface area contributed by atoms with Gasteiger partial charge in [-0.1, -0.05) is 28.1 Å². The van der Waals surface area contributed by atoms with Gasteiger partial charge in [-0.25, -0.2) is 4.79 Å². The molecule has 0 heterocycles. The number of phenols is 1. The lowest BCUT2D eigenvalue weighted by molar-refractivity contribution is -0.138. The maximum Gasteiger partial charge on any atom is 0.416 e. The minimum Gasteiger partial charge on any atom is -0.508 e. The molecule has 1 atom stereocenters. The van der Waals surface area contributed by atoms with E-state index in [0.717, 1.165) is 12.1 Å². The molecule has 28 heavy (non-hydrogen) atoms. The van der Waals surface area contributed by atoms with Gasteiger partial charge >= 0.3 is 12.1 Å². The number of hydrogen-bond donors (Lipinski definition) is 1. The first kappa shape index (κ1) is 23.6. The van der Waals surface area contributed by atoms with Crippen molar-refractivity contribution in [2.24, 2.45) is 0 Å². The van der Waals surface area contributed by atoms with Crippen molar-refractivity contribution < 1.29 is 32.5 Å². The minimum absolute atomic E-state index is 0.0615. The van der Waals surface area contributed by atoms with Gasteiger partial charge < -0.3 is 14.6 Å². The summed E-state index contributed by atoms with van der Waals surface area (Å²) in [5.74, 6) is 0.225. The Labute approximate surface area is 169 Å². The number of carbonyl (C=O) groups is 1. The smallest absolute Gasteiger partial charge is 0.416 e. The molecule has 0 amide bonds. The summed E-state index contributed by atoms with van der Waals surface area (Å²) in [5, 5.41) is 9.07. The third-order valence-corrected chi connectivity index (χ3v) is 3.32. The zero-order valence-corrected chi connectivity index (χ0v) is 16.8. The van der Waals surface area contributed by atoms with Gasteiger partial charge in [-0.3, -0.25) is 0 Å². The number of rotatable bonds is 5. The van der Waals surface area contributed by atoms with Gasteiger partial charge in [0.05, 0.1) is 12.2 Å².